The summed E-state index contributed by atoms with van der Waals surface area (Å²) in [5.74, 6) is 0.826. The first-order valence-electron chi connectivity index (χ1n) is 25.2. The van der Waals surface area contributed by atoms with Crippen molar-refractivity contribution in [2.45, 2.75) is 131 Å². The topological polar surface area (TPSA) is 50.9 Å². The zero-order valence-corrected chi connectivity index (χ0v) is 44.3. The van der Waals surface area contributed by atoms with Crippen LogP contribution in [0.5, 0.6) is 5.75 Å². The molecule has 0 unspecified atom stereocenters. The Kier molecular flexibility index (Phi) is 11.7. The number of benzene rings is 6. The second-order valence-corrected chi connectivity index (χ2v) is 23.1. The van der Waals surface area contributed by atoms with E-state index in [1.807, 2.05) is 32.9 Å². The summed E-state index contributed by atoms with van der Waals surface area (Å²) in [5.41, 5.74) is 12.1. The van der Waals surface area contributed by atoms with Crippen LogP contribution in [0.25, 0.3) is 72.7 Å². The van der Waals surface area contributed by atoms with Crippen molar-refractivity contribution < 1.29 is 31.7 Å². The Balaban J connectivity index is 0.00000741. The minimum Gasteiger partial charge on any atom is -0.507 e. The predicted molar refractivity (Wildman–Crippen MR) is 280 cm³/mol. The van der Waals surface area contributed by atoms with E-state index >= 15 is 0 Å². The Morgan fingerprint density at radius 2 is 1.10 bits per heavy atom. The molecule has 8 rings (SSSR count). The molecule has 2 heterocycles. The Morgan fingerprint density at radius 1 is 0.507 bits per heavy atom. The van der Waals surface area contributed by atoms with Gasteiger partial charge in [-0.25, -0.2) is 4.98 Å². The van der Waals surface area contributed by atoms with Crippen LogP contribution in [0.15, 0.2) is 133 Å². The van der Waals surface area contributed by atoms with E-state index in [1.54, 1.807) is 12.3 Å². The molecule has 0 amide bonds. The Labute approximate surface area is 420 Å². The van der Waals surface area contributed by atoms with Crippen molar-refractivity contribution >= 4 is 11.0 Å². The van der Waals surface area contributed by atoms with Gasteiger partial charge in [0.15, 0.2) is 0 Å². The molecule has 0 radical (unpaired) electrons. The summed E-state index contributed by atoms with van der Waals surface area (Å²) >= 11 is 0. The molecule has 0 bridgehead atoms. The maximum Gasteiger partial charge on any atom is 0.148 e. The minimum absolute atomic E-state index is 0. The van der Waals surface area contributed by atoms with E-state index in [0.29, 0.717) is 28.2 Å². The van der Waals surface area contributed by atoms with E-state index in [-0.39, 0.29) is 78.2 Å². The van der Waals surface area contributed by atoms with E-state index in [0.717, 1.165) is 61.2 Å². The van der Waals surface area contributed by atoms with Crippen molar-refractivity contribution in [1.29, 1.82) is 0 Å². The van der Waals surface area contributed by atoms with Crippen LogP contribution in [0.1, 0.15) is 137 Å². The quantitative estimate of drug-likeness (QED) is 0.169. The van der Waals surface area contributed by atoms with Gasteiger partial charge in [0.1, 0.15) is 11.6 Å². The monoisotopic (exact) mass is 1070 g/mol. The molecule has 2 aromatic heterocycles. The molecular formula is C62H68N3OPt-. The van der Waals surface area contributed by atoms with Gasteiger partial charge in [0.25, 0.3) is 0 Å². The fraction of sp³-hybridized carbons (Fsp3) is 0.323. The second kappa shape index (κ2) is 17.8. The first-order valence-corrected chi connectivity index (χ1v) is 23.2. The van der Waals surface area contributed by atoms with Crippen molar-refractivity contribution in [3.63, 3.8) is 0 Å². The van der Waals surface area contributed by atoms with Crippen molar-refractivity contribution in [1.82, 2.24) is 14.5 Å². The van der Waals surface area contributed by atoms with Crippen LogP contribution in [0.2, 0.25) is 0 Å². The first-order chi connectivity index (χ1) is 32.5. The molecular weight excluding hydrogens is 998 g/mol. The van der Waals surface area contributed by atoms with E-state index in [4.69, 9.17) is 15.5 Å². The van der Waals surface area contributed by atoms with Crippen molar-refractivity contribution in [2.75, 3.05) is 0 Å². The average Bonchev–Trinajstić information content (AvgIpc) is 3.66. The van der Waals surface area contributed by atoms with E-state index < -0.39 is 5.41 Å². The molecule has 0 aliphatic carbocycles. The number of pyridine rings is 1. The van der Waals surface area contributed by atoms with Gasteiger partial charge in [-0.15, -0.1) is 29.3 Å². The summed E-state index contributed by atoms with van der Waals surface area (Å²) in [6, 6.07) is 39.1. The first kappa shape index (κ1) is 44.0. The summed E-state index contributed by atoms with van der Waals surface area (Å²) in [4.78, 5) is 10.5. The molecule has 348 valence electrons. The smallest absolute Gasteiger partial charge is 0.148 e. The molecule has 0 saturated heterocycles. The van der Waals surface area contributed by atoms with Crippen LogP contribution < -0.4 is 0 Å². The van der Waals surface area contributed by atoms with Crippen molar-refractivity contribution in [3.05, 3.63) is 167 Å². The number of nitrogens with zero attached hydrogens (tertiary/aromatic N) is 3. The second-order valence-electron chi connectivity index (χ2n) is 23.1. The number of fused-ring (bicyclic) bond motifs is 1. The normalized spacial score (nSPS) is 13.5. The number of phenols is 1. The fourth-order valence-electron chi connectivity index (χ4n) is 8.45. The van der Waals surface area contributed by atoms with Crippen LogP contribution in [0, 0.1) is 6.07 Å². The average molecular weight is 1070 g/mol. The van der Waals surface area contributed by atoms with Crippen molar-refractivity contribution in [2.24, 2.45) is 0 Å². The number of phenolic OH excluding ortho intramolecular Hbond substituents is 1. The van der Waals surface area contributed by atoms with Gasteiger partial charge >= 0.3 is 0 Å². The van der Waals surface area contributed by atoms with Gasteiger partial charge in [-0.2, -0.15) is 0 Å². The Hall–Kier alpha value is -5.57. The number of hydrogen-bond donors (Lipinski definition) is 1. The van der Waals surface area contributed by atoms with E-state index in [2.05, 4.69) is 179 Å². The third kappa shape index (κ3) is 10.0. The zero-order valence-electron chi connectivity index (χ0n) is 46.0. The van der Waals surface area contributed by atoms with Gasteiger partial charge in [0.05, 0.1) is 27.8 Å². The molecule has 0 spiro atoms. The molecule has 8 aromatic rings. The van der Waals surface area contributed by atoms with Gasteiger partial charge in [-0.05, 0) is 90.8 Å². The predicted octanol–water partition coefficient (Wildman–Crippen LogP) is 16.7. The maximum atomic E-state index is 12.6. The van der Waals surface area contributed by atoms with E-state index in [9.17, 15) is 5.11 Å². The van der Waals surface area contributed by atoms with Gasteiger partial charge in [0, 0.05) is 44.1 Å². The minimum atomic E-state index is -0.576. The summed E-state index contributed by atoms with van der Waals surface area (Å²) < 4.78 is 38.3. The van der Waals surface area contributed by atoms with Crippen molar-refractivity contribution in [3.8, 4) is 67.5 Å². The molecule has 0 aliphatic rings. The molecule has 0 aliphatic heterocycles. The maximum absolute atomic E-state index is 12.6. The summed E-state index contributed by atoms with van der Waals surface area (Å²) in [5, 5.41) is 12.6. The van der Waals surface area contributed by atoms with Crippen LogP contribution in [-0.2, 0) is 48.1 Å². The standard InChI is InChI=1S/C62H68N3O.Pt/c1-58(2,3)44-26-24-39(25-27-44)41-30-31-63-52(35-41)43-32-42(33-46(34-43)60(7,8)9)48-22-19-23-54-55(48)64-57(50-37-47(61(10,11)12)38-51(56(50)66)62(13,14)15)65(54)53-29-28-45(59(4,5)6)36-49(53)40-20-17-16-18-21-40;/h16-31,33-38,66H,1-15H3;/q-1;/i24D,25D,26D,27D;. The Bertz CT molecular complexity index is 3310. The number of rotatable bonds is 6. The number of aromatic hydroxyl groups is 1. The van der Waals surface area contributed by atoms with Gasteiger partial charge in [-0.1, -0.05) is 200 Å². The molecule has 0 saturated carbocycles. The molecule has 0 atom stereocenters. The third-order valence-corrected chi connectivity index (χ3v) is 12.6. The van der Waals surface area contributed by atoms with Gasteiger partial charge in [0.2, 0.25) is 0 Å². The van der Waals surface area contributed by atoms with Crippen LogP contribution >= 0.6 is 0 Å². The van der Waals surface area contributed by atoms with Gasteiger partial charge < -0.3 is 5.11 Å². The largest absolute Gasteiger partial charge is 0.507 e. The number of aromatic nitrogens is 3. The van der Waals surface area contributed by atoms with Crippen LogP contribution in [-0.4, -0.2) is 19.6 Å². The summed E-state index contributed by atoms with van der Waals surface area (Å²) in [6.45, 7) is 32.0. The molecule has 6 aromatic carbocycles. The summed E-state index contributed by atoms with van der Waals surface area (Å²) in [7, 11) is 0. The molecule has 67 heavy (non-hydrogen) atoms. The number of hydrogen-bond acceptors (Lipinski definition) is 3. The molecule has 5 heteroatoms. The fourth-order valence-corrected chi connectivity index (χ4v) is 8.45. The summed E-state index contributed by atoms with van der Waals surface area (Å²) in [6.07, 6.45) is 1.67. The van der Waals surface area contributed by atoms with Crippen LogP contribution in [0.4, 0.5) is 0 Å². The SMILES string of the molecule is [2H]c1c([2H])c(C(C)(C)C)c([2H])c([2H])c1-c1ccnc(-c2[c-]c(-c3cccc4c3nc(-c3cc(C(C)(C)C)cc(C(C)(C)C)c3O)n4-c3ccc(C(C)(C)C)cc3-c3ccccc3)cc(C(C)(C)C)c2)c1.[Pt]. The van der Waals surface area contributed by atoms with E-state index in [1.165, 1.54) is 5.56 Å². The number of para-hydroxylation sites is 1. The van der Waals surface area contributed by atoms with Gasteiger partial charge in [-0.3, -0.25) is 9.55 Å². The number of imidazole rings is 1. The molecule has 4 nitrogen and oxygen atoms in total. The van der Waals surface area contributed by atoms with Crippen LogP contribution in [0.3, 0.4) is 0 Å². The molecule has 0 fully saturated rings. The zero-order chi connectivity index (χ0) is 51.2. The Morgan fingerprint density at radius 3 is 1.72 bits per heavy atom. The third-order valence-electron chi connectivity index (χ3n) is 12.6. The molecule has 1 N–H and O–H groups in total.